The number of terminal acetylenes is 1. The van der Waals surface area contributed by atoms with Gasteiger partial charge in [-0.05, 0) is 32.2 Å². The summed E-state index contributed by atoms with van der Waals surface area (Å²) < 4.78 is 0. The van der Waals surface area contributed by atoms with Crippen LogP contribution in [0.25, 0.3) is 0 Å². The molecule has 3 rings (SSSR count). The number of likely N-dealkylation sites (tertiary alicyclic amines) is 1. The van der Waals surface area contributed by atoms with Gasteiger partial charge in [-0.25, -0.2) is 0 Å². The van der Waals surface area contributed by atoms with Crippen LogP contribution in [0.5, 0.6) is 0 Å². The molecule has 132 valence electrons. The molecule has 0 aromatic rings. The van der Waals surface area contributed by atoms with E-state index in [1.165, 1.54) is 51.5 Å². The summed E-state index contributed by atoms with van der Waals surface area (Å²) in [7, 11) is 0. The van der Waals surface area contributed by atoms with E-state index < -0.39 is 0 Å². The maximum absolute atomic E-state index is 12.2. The molecule has 3 aliphatic rings. The molecule has 0 spiro atoms. The highest BCUT2D eigenvalue weighted by Crippen LogP contribution is 2.37. The molecule has 24 heavy (non-hydrogen) atoms. The van der Waals surface area contributed by atoms with Crippen molar-refractivity contribution in [3.63, 3.8) is 0 Å². The molecule has 2 fully saturated rings. The Morgan fingerprint density at radius 1 is 1.17 bits per heavy atom. The monoisotopic (exact) mass is 330 g/mol. The molecule has 1 amide bonds. The van der Waals surface area contributed by atoms with Gasteiger partial charge < -0.3 is 5.32 Å². The highest BCUT2D eigenvalue weighted by molar-refractivity contribution is 5.76. The second-order valence-electron chi connectivity index (χ2n) is 7.52. The summed E-state index contributed by atoms with van der Waals surface area (Å²) in [4.78, 5) is 14.8. The molecule has 1 aliphatic carbocycles. The number of amides is 1. The van der Waals surface area contributed by atoms with Crippen LogP contribution in [-0.2, 0) is 4.79 Å². The van der Waals surface area contributed by atoms with Crippen LogP contribution >= 0.6 is 0 Å². The Hall–Kier alpha value is -1.41. The van der Waals surface area contributed by atoms with Gasteiger partial charge in [-0.1, -0.05) is 19.3 Å². The van der Waals surface area contributed by atoms with Gasteiger partial charge in [-0.15, -0.1) is 12.3 Å². The molecule has 2 aliphatic heterocycles. The number of carbonyl (C=O) groups excluding carboxylic acids is 1. The van der Waals surface area contributed by atoms with E-state index in [1.54, 1.807) is 0 Å². The van der Waals surface area contributed by atoms with Crippen molar-refractivity contribution >= 4 is 5.91 Å². The van der Waals surface area contributed by atoms with Gasteiger partial charge in [0.05, 0.1) is 0 Å². The second-order valence-corrected chi connectivity index (χ2v) is 7.52. The molecule has 1 unspecified atom stereocenters. The van der Waals surface area contributed by atoms with E-state index in [-0.39, 0.29) is 11.6 Å². The van der Waals surface area contributed by atoms with Gasteiger partial charge in [0.1, 0.15) is 0 Å². The number of carbonyl (C=O) groups is 1. The van der Waals surface area contributed by atoms with Gasteiger partial charge >= 0.3 is 0 Å². The first-order valence-corrected chi connectivity index (χ1v) is 9.62. The first kappa shape index (κ1) is 17.4. The van der Waals surface area contributed by atoms with E-state index in [2.05, 4.69) is 26.4 Å². The number of rotatable bonds is 8. The highest BCUT2D eigenvalue weighted by Gasteiger charge is 2.39. The van der Waals surface area contributed by atoms with Crippen molar-refractivity contribution in [2.45, 2.75) is 88.4 Å². The average Bonchev–Trinajstić information content (AvgIpc) is 3.24. The molecule has 2 heterocycles. The van der Waals surface area contributed by atoms with Crippen LogP contribution < -0.4 is 5.32 Å². The van der Waals surface area contributed by atoms with Crippen molar-refractivity contribution in [3.05, 3.63) is 0 Å². The topological polar surface area (TPSA) is 57.1 Å². The number of hydrogen-bond donors (Lipinski definition) is 1. The lowest BCUT2D eigenvalue weighted by atomic mass is 9.93. The largest absolute Gasteiger partial charge is 0.355 e. The van der Waals surface area contributed by atoms with Gasteiger partial charge in [-0.3, -0.25) is 9.69 Å². The third-order valence-corrected chi connectivity index (χ3v) is 5.81. The summed E-state index contributed by atoms with van der Waals surface area (Å²) in [5, 5.41) is 11.3. The van der Waals surface area contributed by atoms with Crippen LogP contribution in [0.2, 0.25) is 0 Å². The Balaban J connectivity index is 1.37. The number of hydrogen-bond acceptors (Lipinski definition) is 4. The van der Waals surface area contributed by atoms with Crippen LogP contribution in [-0.4, -0.2) is 41.6 Å². The maximum Gasteiger partial charge on any atom is 0.220 e. The molecule has 5 heteroatoms. The van der Waals surface area contributed by atoms with Gasteiger partial charge in [0.2, 0.25) is 5.91 Å². The predicted octanol–water partition coefficient (Wildman–Crippen LogP) is 3.26. The molecule has 5 nitrogen and oxygen atoms in total. The minimum absolute atomic E-state index is 0.128. The molecule has 0 aromatic heterocycles. The lowest BCUT2D eigenvalue weighted by molar-refractivity contribution is -0.121. The highest BCUT2D eigenvalue weighted by atomic mass is 16.1. The van der Waals surface area contributed by atoms with Gasteiger partial charge in [0.25, 0.3) is 0 Å². The summed E-state index contributed by atoms with van der Waals surface area (Å²) in [6.45, 7) is 2.00. The quantitative estimate of drug-likeness (QED) is 0.695. The third-order valence-electron chi connectivity index (χ3n) is 5.81. The summed E-state index contributed by atoms with van der Waals surface area (Å²) in [6.07, 6.45) is 17.2. The fourth-order valence-corrected chi connectivity index (χ4v) is 4.27. The fraction of sp³-hybridized carbons (Fsp3) is 0.842. The normalized spacial score (nSPS) is 26.2. The summed E-state index contributed by atoms with van der Waals surface area (Å²) in [5.74, 6) is 2.75. The van der Waals surface area contributed by atoms with Gasteiger partial charge in [-0.2, -0.15) is 10.2 Å². The zero-order valence-corrected chi connectivity index (χ0v) is 14.7. The lowest BCUT2D eigenvalue weighted by Crippen LogP contribution is -2.45. The van der Waals surface area contributed by atoms with Crippen LogP contribution in [0, 0.1) is 12.3 Å². The van der Waals surface area contributed by atoms with Crippen molar-refractivity contribution in [1.29, 1.82) is 0 Å². The third kappa shape index (κ3) is 4.57. The van der Waals surface area contributed by atoms with Gasteiger partial charge in [0.15, 0.2) is 5.66 Å². The number of nitrogens with one attached hydrogen (secondary N) is 1. The molecule has 0 bridgehead atoms. The van der Waals surface area contributed by atoms with Crippen molar-refractivity contribution in [1.82, 2.24) is 10.2 Å². The summed E-state index contributed by atoms with van der Waals surface area (Å²) in [5.41, 5.74) is -0.342. The van der Waals surface area contributed by atoms with Crippen molar-refractivity contribution in [2.75, 3.05) is 13.1 Å². The molecule has 1 saturated heterocycles. The Bertz CT molecular complexity index is 498. The van der Waals surface area contributed by atoms with Crippen molar-refractivity contribution in [3.8, 4) is 12.3 Å². The Morgan fingerprint density at radius 2 is 1.96 bits per heavy atom. The molecule has 1 atom stereocenters. The van der Waals surface area contributed by atoms with E-state index in [1.807, 2.05) is 0 Å². The minimum atomic E-state index is -0.342. The van der Waals surface area contributed by atoms with Crippen LogP contribution in [0.15, 0.2) is 10.2 Å². The fourth-order valence-electron chi connectivity index (χ4n) is 4.27. The lowest BCUT2D eigenvalue weighted by Gasteiger charge is -2.35. The van der Waals surface area contributed by atoms with E-state index in [0.29, 0.717) is 25.3 Å². The molecular formula is C19H30N4O. The van der Waals surface area contributed by atoms with E-state index >= 15 is 0 Å². The minimum Gasteiger partial charge on any atom is -0.355 e. The molecule has 1 saturated carbocycles. The zero-order valence-electron chi connectivity index (χ0n) is 14.7. The van der Waals surface area contributed by atoms with Crippen LogP contribution in [0.4, 0.5) is 0 Å². The predicted molar refractivity (Wildman–Crippen MR) is 94.5 cm³/mol. The van der Waals surface area contributed by atoms with E-state index in [4.69, 9.17) is 6.42 Å². The Labute approximate surface area is 145 Å². The Kier molecular flexibility index (Phi) is 5.89. The standard InChI is InChI=1S/C19H30N4O/c1-2-3-12-19(21-22-19)13-11-18(24)20-15-17-10-7-14-23(17)16-8-5-4-6-9-16/h1,16-17H,3-15H2,(H,20,24). The van der Waals surface area contributed by atoms with Gasteiger partial charge in [0, 0.05) is 44.3 Å². The zero-order chi connectivity index (χ0) is 16.8. The molecule has 0 aromatic carbocycles. The Morgan fingerprint density at radius 3 is 2.67 bits per heavy atom. The molecule has 1 N–H and O–H groups in total. The van der Waals surface area contributed by atoms with E-state index in [0.717, 1.165) is 19.0 Å². The average molecular weight is 330 g/mol. The smallest absolute Gasteiger partial charge is 0.220 e. The number of nitrogens with zero attached hydrogens (tertiary/aromatic N) is 3. The maximum atomic E-state index is 12.2. The first-order chi connectivity index (χ1) is 11.7. The molecular weight excluding hydrogens is 300 g/mol. The van der Waals surface area contributed by atoms with Crippen molar-refractivity contribution in [2.24, 2.45) is 10.2 Å². The second kappa shape index (κ2) is 8.11. The molecule has 0 radical (unpaired) electrons. The van der Waals surface area contributed by atoms with Crippen molar-refractivity contribution < 1.29 is 4.79 Å². The SMILES string of the molecule is C#CCCC1(CCC(=O)NCC2CCCN2C2CCCCC2)N=N1. The van der Waals surface area contributed by atoms with E-state index in [9.17, 15) is 4.79 Å². The van der Waals surface area contributed by atoms with Crippen LogP contribution in [0.1, 0.15) is 70.6 Å². The first-order valence-electron chi connectivity index (χ1n) is 9.62. The van der Waals surface area contributed by atoms with Crippen LogP contribution in [0.3, 0.4) is 0 Å². The summed E-state index contributed by atoms with van der Waals surface area (Å²) in [6, 6.07) is 1.28. The summed E-state index contributed by atoms with van der Waals surface area (Å²) >= 11 is 0.